The molecule has 0 radical (unpaired) electrons. The van der Waals surface area contributed by atoms with E-state index in [1.165, 1.54) is 42.5 Å². The van der Waals surface area contributed by atoms with E-state index in [0.717, 1.165) is 19.0 Å². The molecule has 1 atom stereocenters. The lowest BCUT2D eigenvalue weighted by Crippen LogP contribution is -2.33. The van der Waals surface area contributed by atoms with Gasteiger partial charge >= 0.3 is 0 Å². The highest BCUT2D eigenvalue weighted by atomic mass is 15.2. The van der Waals surface area contributed by atoms with Crippen molar-refractivity contribution < 1.29 is 0 Å². The molecule has 0 aromatic heterocycles. The molecule has 0 bridgehead atoms. The van der Waals surface area contributed by atoms with Gasteiger partial charge in [-0.2, -0.15) is 0 Å². The average molecular weight is 260 g/mol. The molecule has 1 aromatic carbocycles. The topological polar surface area (TPSA) is 29.3 Å². The fourth-order valence-electron chi connectivity index (χ4n) is 3.38. The van der Waals surface area contributed by atoms with Crippen LogP contribution in [0.15, 0.2) is 18.2 Å². The number of nitrogens with two attached hydrogens (primary N) is 1. The Balaban J connectivity index is 2.18. The van der Waals surface area contributed by atoms with Gasteiger partial charge in [0.25, 0.3) is 0 Å². The van der Waals surface area contributed by atoms with Crippen LogP contribution in [0.2, 0.25) is 0 Å². The molecule has 1 aliphatic rings. The molecule has 1 saturated carbocycles. The molecule has 1 fully saturated rings. The Morgan fingerprint density at radius 1 is 1.32 bits per heavy atom. The first-order chi connectivity index (χ1) is 9.11. The van der Waals surface area contributed by atoms with E-state index in [1.54, 1.807) is 0 Å². The maximum atomic E-state index is 5.89. The van der Waals surface area contributed by atoms with Crippen LogP contribution in [0.25, 0.3) is 0 Å². The van der Waals surface area contributed by atoms with Crippen LogP contribution in [0, 0.1) is 6.92 Å². The fraction of sp³-hybridized carbons (Fsp3) is 0.647. The zero-order valence-electron chi connectivity index (χ0n) is 12.7. The molecule has 1 aliphatic carbocycles. The SMILES string of the molecule is CCN(c1ccc(CC(C)N)cc1C)C1CCCC1. The van der Waals surface area contributed by atoms with E-state index in [-0.39, 0.29) is 6.04 Å². The molecule has 106 valence electrons. The summed E-state index contributed by atoms with van der Waals surface area (Å²) >= 11 is 0. The van der Waals surface area contributed by atoms with Crippen LogP contribution < -0.4 is 10.6 Å². The van der Waals surface area contributed by atoms with Gasteiger partial charge in [0, 0.05) is 24.3 Å². The summed E-state index contributed by atoms with van der Waals surface area (Å²) in [5.41, 5.74) is 10.1. The summed E-state index contributed by atoms with van der Waals surface area (Å²) < 4.78 is 0. The van der Waals surface area contributed by atoms with E-state index >= 15 is 0 Å². The lowest BCUT2D eigenvalue weighted by molar-refractivity contribution is 0.618. The molecule has 1 aromatic rings. The molecule has 2 nitrogen and oxygen atoms in total. The van der Waals surface area contributed by atoms with Crippen LogP contribution in [0.5, 0.6) is 0 Å². The van der Waals surface area contributed by atoms with Crippen LogP contribution in [0.3, 0.4) is 0 Å². The molecule has 19 heavy (non-hydrogen) atoms. The summed E-state index contributed by atoms with van der Waals surface area (Å²) in [7, 11) is 0. The molecule has 2 heteroatoms. The van der Waals surface area contributed by atoms with Crippen LogP contribution >= 0.6 is 0 Å². The molecule has 2 rings (SSSR count). The van der Waals surface area contributed by atoms with Crippen molar-refractivity contribution in [2.24, 2.45) is 5.73 Å². The molecule has 0 aliphatic heterocycles. The Morgan fingerprint density at radius 3 is 2.53 bits per heavy atom. The van der Waals surface area contributed by atoms with Crippen LogP contribution in [-0.2, 0) is 6.42 Å². The third-order valence-corrected chi connectivity index (χ3v) is 4.23. The molecule has 1 unspecified atom stereocenters. The highest BCUT2D eigenvalue weighted by Crippen LogP contribution is 2.30. The Morgan fingerprint density at radius 2 is 2.00 bits per heavy atom. The summed E-state index contributed by atoms with van der Waals surface area (Å²) in [6.07, 6.45) is 6.46. The molecule has 0 amide bonds. The smallest absolute Gasteiger partial charge is 0.0398 e. The van der Waals surface area contributed by atoms with Crippen LogP contribution in [0.1, 0.15) is 50.7 Å². The zero-order chi connectivity index (χ0) is 13.8. The highest BCUT2D eigenvalue weighted by Gasteiger charge is 2.22. The number of benzene rings is 1. The Bertz CT molecular complexity index is 406. The van der Waals surface area contributed by atoms with Crippen molar-refractivity contribution in [3.05, 3.63) is 29.3 Å². The summed E-state index contributed by atoms with van der Waals surface area (Å²) in [5.74, 6) is 0. The summed E-state index contributed by atoms with van der Waals surface area (Å²) in [6.45, 7) is 7.68. The van der Waals surface area contributed by atoms with E-state index in [9.17, 15) is 0 Å². The Hall–Kier alpha value is -1.02. The van der Waals surface area contributed by atoms with Crippen LogP contribution in [0.4, 0.5) is 5.69 Å². The van der Waals surface area contributed by atoms with E-state index in [2.05, 4.69) is 43.9 Å². The minimum Gasteiger partial charge on any atom is -0.369 e. The van der Waals surface area contributed by atoms with Crippen LogP contribution in [-0.4, -0.2) is 18.6 Å². The van der Waals surface area contributed by atoms with Gasteiger partial charge in [-0.25, -0.2) is 0 Å². The molecule has 0 heterocycles. The van der Waals surface area contributed by atoms with Gasteiger partial charge in [-0.1, -0.05) is 25.0 Å². The zero-order valence-corrected chi connectivity index (χ0v) is 12.7. The highest BCUT2D eigenvalue weighted by molar-refractivity contribution is 5.55. The van der Waals surface area contributed by atoms with Crippen molar-refractivity contribution in [2.75, 3.05) is 11.4 Å². The maximum Gasteiger partial charge on any atom is 0.0398 e. The number of hydrogen-bond acceptors (Lipinski definition) is 2. The van der Waals surface area contributed by atoms with E-state index < -0.39 is 0 Å². The average Bonchev–Trinajstić information content (AvgIpc) is 2.85. The quantitative estimate of drug-likeness (QED) is 0.875. The predicted octanol–water partition coefficient (Wildman–Crippen LogP) is 3.65. The van der Waals surface area contributed by atoms with Crippen molar-refractivity contribution in [1.29, 1.82) is 0 Å². The van der Waals surface area contributed by atoms with E-state index in [0.29, 0.717) is 0 Å². The normalized spacial score (nSPS) is 17.7. The number of anilines is 1. The van der Waals surface area contributed by atoms with Gasteiger partial charge in [-0.05, 0) is 57.2 Å². The van der Waals surface area contributed by atoms with Crippen molar-refractivity contribution >= 4 is 5.69 Å². The minimum atomic E-state index is 0.238. The standard InChI is InChI=1S/C17H28N2/c1-4-19(16-7-5-6-8-16)17-10-9-15(11-13(17)2)12-14(3)18/h9-11,14,16H,4-8,12,18H2,1-3H3. The van der Waals surface area contributed by atoms with Gasteiger partial charge in [0.05, 0.1) is 0 Å². The lowest BCUT2D eigenvalue weighted by atomic mass is 10.0. The van der Waals surface area contributed by atoms with E-state index in [1.807, 2.05) is 0 Å². The van der Waals surface area contributed by atoms with Crippen molar-refractivity contribution in [3.8, 4) is 0 Å². The van der Waals surface area contributed by atoms with Gasteiger partial charge in [-0.15, -0.1) is 0 Å². The third kappa shape index (κ3) is 3.50. The summed E-state index contributed by atoms with van der Waals surface area (Å²) in [4.78, 5) is 2.60. The lowest BCUT2D eigenvalue weighted by Gasteiger charge is -2.31. The number of aryl methyl sites for hydroxylation is 1. The van der Waals surface area contributed by atoms with E-state index in [4.69, 9.17) is 5.73 Å². The molecule has 0 spiro atoms. The monoisotopic (exact) mass is 260 g/mol. The molecule has 2 N–H and O–H groups in total. The number of nitrogens with zero attached hydrogens (tertiary/aromatic N) is 1. The number of rotatable bonds is 5. The predicted molar refractivity (Wildman–Crippen MR) is 83.8 cm³/mol. The molecular formula is C17H28N2. The second kappa shape index (κ2) is 6.42. The maximum absolute atomic E-state index is 5.89. The molecule has 0 saturated heterocycles. The van der Waals surface area contributed by atoms with Gasteiger partial charge in [0.15, 0.2) is 0 Å². The summed E-state index contributed by atoms with van der Waals surface area (Å²) in [6, 6.07) is 7.86. The fourth-order valence-corrected chi connectivity index (χ4v) is 3.38. The minimum absolute atomic E-state index is 0.238. The van der Waals surface area contributed by atoms with Crippen molar-refractivity contribution in [2.45, 2.75) is 65.0 Å². The van der Waals surface area contributed by atoms with Crippen molar-refractivity contribution in [1.82, 2.24) is 0 Å². The summed E-state index contributed by atoms with van der Waals surface area (Å²) in [5, 5.41) is 0. The first kappa shape index (κ1) is 14.4. The first-order valence-electron chi connectivity index (χ1n) is 7.73. The first-order valence-corrected chi connectivity index (χ1v) is 7.73. The van der Waals surface area contributed by atoms with Crippen molar-refractivity contribution in [3.63, 3.8) is 0 Å². The Kier molecular flexibility index (Phi) is 4.87. The van der Waals surface area contributed by atoms with Gasteiger partial charge in [0.2, 0.25) is 0 Å². The van der Waals surface area contributed by atoms with Gasteiger partial charge < -0.3 is 10.6 Å². The third-order valence-electron chi connectivity index (χ3n) is 4.23. The van der Waals surface area contributed by atoms with Gasteiger partial charge in [-0.3, -0.25) is 0 Å². The molecular weight excluding hydrogens is 232 g/mol. The second-order valence-corrected chi connectivity index (χ2v) is 6.03. The number of hydrogen-bond donors (Lipinski definition) is 1. The Labute approximate surface area is 118 Å². The second-order valence-electron chi connectivity index (χ2n) is 6.03. The largest absolute Gasteiger partial charge is 0.369 e. The van der Waals surface area contributed by atoms with Gasteiger partial charge in [0.1, 0.15) is 0 Å².